The van der Waals surface area contributed by atoms with E-state index in [2.05, 4.69) is 34.2 Å². The molecule has 0 spiro atoms. The van der Waals surface area contributed by atoms with Crippen LogP contribution in [0.1, 0.15) is 62.0 Å². The summed E-state index contributed by atoms with van der Waals surface area (Å²) >= 11 is 0. The van der Waals surface area contributed by atoms with Crippen LogP contribution in [-0.2, 0) is 11.2 Å². The van der Waals surface area contributed by atoms with Crippen LogP contribution < -0.4 is 4.74 Å². The van der Waals surface area contributed by atoms with Crippen LogP contribution in [-0.4, -0.2) is 46.3 Å². The number of hydrogen-bond donors (Lipinski definition) is 1. The molecule has 0 saturated carbocycles. The monoisotopic (exact) mass is 447 g/mol. The van der Waals surface area contributed by atoms with Crippen LogP contribution in [0, 0.1) is 13.8 Å². The lowest BCUT2D eigenvalue weighted by molar-refractivity contribution is 0.0205. The molecule has 1 saturated heterocycles. The zero-order valence-electron chi connectivity index (χ0n) is 20.2. The van der Waals surface area contributed by atoms with Gasteiger partial charge in [-0.25, -0.2) is 4.79 Å². The van der Waals surface area contributed by atoms with Gasteiger partial charge in [-0.1, -0.05) is 6.07 Å². The van der Waals surface area contributed by atoms with E-state index in [1.807, 2.05) is 39.5 Å². The molecule has 1 fully saturated rings. The number of nitrogens with one attached hydrogen (secondary N) is 1. The third-order valence-corrected chi connectivity index (χ3v) is 6.69. The highest BCUT2D eigenvalue weighted by atomic mass is 16.6. The van der Waals surface area contributed by atoms with Gasteiger partial charge in [0.2, 0.25) is 0 Å². The van der Waals surface area contributed by atoms with E-state index in [1.165, 1.54) is 16.5 Å². The second-order valence-corrected chi connectivity index (χ2v) is 10.3. The summed E-state index contributed by atoms with van der Waals surface area (Å²) in [5.41, 5.74) is 7.57. The molecule has 0 bridgehead atoms. The van der Waals surface area contributed by atoms with Crippen molar-refractivity contribution in [2.45, 2.75) is 65.4 Å². The van der Waals surface area contributed by atoms with Gasteiger partial charge in [0.1, 0.15) is 11.4 Å². The van der Waals surface area contributed by atoms with Gasteiger partial charge in [-0.2, -0.15) is 0 Å². The molecule has 1 N–H and O–H groups in total. The maximum absolute atomic E-state index is 12.4. The summed E-state index contributed by atoms with van der Waals surface area (Å²) in [6, 6.07) is 8.92. The first-order valence-corrected chi connectivity index (χ1v) is 11.9. The summed E-state index contributed by atoms with van der Waals surface area (Å²) in [5.74, 6) is 1.34. The van der Waals surface area contributed by atoms with Crippen molar-refractivity contribution in [2.75, 3.05) is 19.7 Å². The van der Waals surface area contributed by atoms with Crippen molar-refractivity contribution in [3.8, 4) is 17.0 Å². The molecular formula is C27H33N3O3. The first kappa shape index (κ1) is 21.8. The molecule has 5 rings (SSSR count). The number of fused-ring (bicyclic) bond motifs is 5. The summed E-state index contributed by atoms with van der Waals surface area (Å²) in [6.07, 6.45) is 2.56. The predicted octanol–water partition coefficient (Wildman–Crippen LogP) is 5.90. The molecule has 3 aromatic rings. The Balaban J connectivity index is 1.42. The van der Waals surface area contributed by atoms with Gasteiger partial charge < -0.3 is 19.4 Å². The number of carbonyl (C=O) groups is 1. The van der Waals surface area contributed by atoms with Crippen LogP contribution in [0.4, 0.5) is 4.79 Å². The Morgan fingerprint density at radius 3 is 2.67 bits per heavy atom. The average Bonchev–Trinajstić information content (AvgIpc) is 3.01. The van der Waals surface area contributed by atoms with Crippen molar-refractivity contribution in [1.82, 2.24) is 14.9 Å². The Morgan fingerprint density at radius 2 is 1.94 bits per heavy atom. The Hall–Kier alpha value is -3.02. The first-order valence-electron chi connectivity index (χ1n) is 11.9. The number of nitrogens with zero attached hydrogens (tertiary/aromatic N) is 2. The Morgan fingerprint density at radius 1 is 1.18 bits per heavy atom. The van der Waals surface area contributed by atoms with Crippen LogP contribution in [0.2, 0.25) is 0 Å². The fourth-order valence-corrected chi connectivity index (χ4v) is 5.17. The van der Waals surface area contributed by atoms with Crippen molar-refractivity contribution >= 4 is 17.0 Å². The smallest absolute Gasteiger partial charge is 0.410 e. The van der Waals surface area contributed by atoms with Crippen molar-refractivity contribution in [3.63, 3.8) is 0 Å². The Labute approximate surface area is 195 Å². The number of benzene rings is 1. The van der Waals surface area contributed by atoms with E-state index in [-0.39, 0.29) is 6.09 Å². The number of aryl methyl sites for hydroxylation is 2. The third-order valence-electron chi connectivity index (χ3n) is 6.69. The quantitative estimate of drug-likeness (QED) is 0.505. The van der Waals surface area contributed by atoms with E-state index >= 15 is 0 Å². The first-order chi connectivity index (χ1) is 15.7. The van der Waals surface area contributed by atoms with Gasteiger partial charge in [-0.05, 0) is 82.7 Å². The molecule has 2 aromatic heterocycles. The second kappa shape index (κ2) is 8.08. The molecular weight excluding hydrogens is 414 g/mol. The SMILES string of the molecule is Cc1cc2c(c(C)n1)OCCc1c-2[nH]c2ccc(C3CCN(C(=O)OC(C)(C)C)CC3)cc12. The Kier molecular flexibility index (Phi) is 5.34. The van der Waals surface area contributed by atoms with Gasteiger partial charge in [0.05, 0.1) is 18.0 Å². The zero-order valence-corrected chi connectivity index (χ0v) is 20.2. The summed E-state index contributed by atoms with van der Waals surface area (Å²) in [5, 5.41) is 1.28. The maximum atomic E-state index is 12.4. The number of aromatic nitrogens is 2. The van der Waals surface area contributed by atoms with Gasteiger partial charge in [0, 0.05) is 41.7 Å². The molecule has 33 heavy (non-hydrogen) atoms. The molecule has 1 amide bonds. The lowest BCUT2D eigenvalue weighted by Crippen LogP contribution is -2.41. The van der Waals surface area contributed by atoms with Crippen LogP contribution in [0.5, 0.6) is 5.75 Å². The summed E-state index contributed by atoms with van der Waals surface area (Å²) in [7, 11) is 0. The van der Waals surface area contributed by atoms with Crippen LogP contribution in [0.25, 0.3) is 22.2 Å². The zero-order chi connectivity index (χ0) is 23.3. The minimum absolute atomic E-state index is 0.203. The number of H-pyrrole nitrogens is 1. The molecule has 0 radical (unpaired) electrons. The van der Waals surface area contributed by atoms with E-state index in [4.69, 9.17) is 9.47 Å². The fourth-order valence-electron chi connectivity index (χ4n) is 5.17. The maximum Gasteiger partial charge on any atom is 0.410 e. The normalized spacial score (nSPS) is 16.7. The van der Waals surface area contributed by atoms with Crippen molar-refractivity contribution in [1.29, 1.82) is 0 Å². The van der Waals surface area contributed by atoms with E-state index in [0.29, 0.717) is 12.5 Å². The van der Waals surface area contributed by atoms with Crippen LogP contribution in [0.15, 0.2) is 24.3 Å². The number of likely N-dealkylation sites (tertiary alicyclic amines) is 1. The van der Waals surface area contributed by atoms with Crippen molar-refractivity contribution < 1.29 is 14.3 Å². The number of carbonyl (C=O) groups excluding carboxylic acids is 1. The van der Waals surface area contributed by atoms with Gasteiger partial charge >= 0.3 is 6.09 Å². The third kappa shape index (κ3) is 4.19. The number of rotatable bonds is 1. The molecule has 6 heteroatoms. The predicted molar refractivity (Wildman–Crippen MR) is 130 cm³/mol. The minimum atomic E-state index is -0.458. The lowest BCUT2D eigenvalue weighted by Gasteiger charge is -2.33. The topological polar surface area (TPSA) is 67.5 Å². The van der Waals surface area contributed by atoms with E-state index in [0.717, 1.165) is 66.3 Å². The van der Waals surface area contributed by atoms with Crippen molar-refractivity contribution in [2.24, 2.45) is 0 Å². The molecule has 6 nitrogen and oxygen atoms in total. The molecule has 0 aliphatic carbocycles. The number of hydrogen-bond acceptors (Lipinski definition) is 4. The van der Waals surface area contributed by atoms with Gasteiger partial charge in [0.25, 0.3) is 0 Å². The minimum Gasteiger partial charge on any atom is -0.491 e. The number of ether oxygens (including phenoxy) is 2. The van der Waals surface area contributed by atoms with Gasteiger partial charge in [-0.3, -0.25) is 4.98 Å². The number of aromatic amines is 1. The highest BCUT2D eigenvalue weighted by Gasteiger charge is 2.28. The van der Waals surface area contributed by atoms with E-state index in [1.54, 1.807) is 0 Å². The van der Waals surface area contributed by atoms with Crippen molar-refractivity contribution in [3.05, 3.63) is 46.8 Å². The summed E-state index contributed by atoms with van der Waals surface area (Å²) in [4.78, 5) is 22.5. The van der Waals surface area contributed by atoms with Gasteiger partial charge in [0.15, 0.2) is 0 Å². The van der Waals surface area contributed by atoms with Crippen LogP contribution in [0.3, 0.4) is 0 Å². The Bertz CT molecular complexity index is 1210. The highest BCUT2D eigenvalue weighted by Crippen LogP contribution is 2.41. The van der Waals surface area contributed by atoms with Gasteiger partial charge in [-0.15, -0.1) is 0 Å². The second-order valence-electron chi connectivity index (χ2n) is 10.3. The standard InChI is InChI=1S/C27H33N3O3/c1-16-14-22-24-20(10-13-32-25(22)17(2)28-16)21-15-19(6-7-23(21)29-24)18-8-11-30(12-9-18)26(31)33-27(3,4)5/h6-7,14-15,18,29H,8-13H2,1-5H3. The molecule has 2 aliphatic heterocycles. The molecule has 0 unspecified atom stereocenters. The molecule has 1 aromatic carbocycles. The number of pyridine rings is 1. The summed E-state index contributed by atoms with van der Waals surface area (Å²) < 4.78 is 11.7. The molecule has 2 aliphatic rings. The van der Waals surface area contributed by atoms with E-state index < -0.39 is 5.60 Å². The molecule has 0 atom stereocenters. The van der Waals surface area contributed by atoms with Crippen LogP contribution >= 0.6 is 0 Å². The fraction of sp³-hybridized carbons (Fsp3) is 0.481. The number of amides is 1. The lowest BCUT2D eigenvalue weighted by atomic mass is 9.88. The highest BCUT2D eigenvalue weighted by molar-refractivity contribution is 5.93. The summed E-state index contributed by atoms with van der Waals surface area (Å²) in [6.45, 7) is 11.9. The molecule has 4 heterocycles. The molecule has 174 valence electrons. The largest absolute Gasteiger partial charge is 0.491 e. The average molecular weight is 448 g/mol. The van der Waals surface area contributed by atoms with E-state index in [9.17, 15) is 4.79 Å². The number of piperidine rings is 1.